The van der Waals surface area contributed by atoms with Gasteiger partial charge >= 0.3 is 0 Å². The summed E-state index contributed by atoms with van der Waals surface area (Å²) in [6.07, 6.45) is 8.69. The highest BCUT2D eigenvalue weighted by atomic mass is 32.1. The van der Waals surface area contributed by atoms with Crippen LogP contribution < -0.4 is 5.56 Å². The molecule has 0 unspecified atom stereocenters. The van der Waals surface area contributed by atoms with Crippen molar-refractivity contribution >= 4 is 38.8 Å². The van der Waals surface area contributed by atoms with Gasteiger partial charge < -0.3 is 4.90 Å². The summed E-state index contributed by atoms with van der Waals surface area (Å²) in [5.74, 6) is 0.707. The van der Waals surface area contributed by atoms with Gasteiger partial charge in [0.05, 0.1) is 11.7 Å². The Balaban J connectivity index is 1.45. The van der Waals surface area contributed by atoms with Crippen LogP contribution in [0.1, 0.15) is 38.5 Å². The first kappa shape index (κ1) is 18.1. The second kappa shape index (κ2) is 7.44. The van der Waals surface area contributed by atoms with Gasteiger partial charge in [0.1, 0.15) is 11.4 Å². The number of aromatic nitrogens is 2. The fourth-order valence-electron chi connectivity index (χ4n) is 4.86. The Kier molecular flexibility index (Phi) is 4.80. The summed E-state index contributed by atoms with van der Waals surface area (Å²) in [4.78, 5) is 34.6. The van der Waals surface area contributed by atoms with Crippen LogP contribution in [0, 0.1) is 5.92 Å². The van der Waals surface area contributed by atoms with E-state index in [9.17, 15) is 9.59 Å². The number of carbonyl (C=O) groups excluding carboxylic acids is 1. The third-order valence-corrected chi connectivity index (χ3v) is 8.01. The first-order valence-corrected chi connectivity index (χ1v) is 11.8. The normalized spacial score (nSPS) is 22.4. The molecule has 3 aromatic rings. The monoisotopic (exact) mass is 413 g/mol. The molecule has 5 rings (SSSR count). The zero-order chi connectivity index (χ0) is 19.1. The Morgan fingerprint density at radius 1 is 1.18 bits per heavy atom. The number of hydrogen-bond acceptors (Lipinski definition) is 5. The Labute approximate surface area is 171 Å². The molecule has 3 aromatic heterocycles. The molecule has 1 aliphatic carbocycles. The molecule has 1 saturated heterocycles. The van der Waals surface area contributed by atoms with Gasteiger partial charge in [-0.3, -0.25) is 14.2 Å². The van der Waals surface area contributed by atoms with Crippen molar-refractivity contribution in [1.82, 2.24) is 14.5 Å². The summed E-state index contributed by atoms with van der Waals surface area (Å²) in [6.45, 7) is 0.911. The number of thiophene rings is 2. The minimum absolute atomic E-state index is 0.0627. The van der Waals surface area contributed by atoms with E-state index in [1.165, 1.54) is 41.6 Å². The van der Waals surface area contributed by atoms with E-state index in [0.29, 0.717) is 17.3 Å². The Morgan fingerprint density at radius 3 is 2.89 bits per heavy atom. The molecule has 1 amide bonds. The van der Waals surface area contributed by atoms with Crippen molar-refractivity contribution in [2.75, 3.05) is 6.54 Å². The molecule has 7 heteroatoms. The van der Waals surface area contributed by atoms with Crippen molar-refractivity contribution in [2.45, 2.75) is 51.1 Å². The molecule has 2 aliphatic rings. The molecule has 1 saturated carbocycles. The maximum absolute atomic E-state index is 13.2. The molecule has 0 bridgehead atoms. The van der Waals surface area contributed by atoms with Crippen LogP contribution in [0.15, 0.2) is 34.0 Å². The average Bonchev–Trinajstić information content (AvgIpc) is 3.39. The Bertz CT molecular complexity index is 1050. The lowest BCUT2D eigenvalue weighted by Crippen LogP contribution is -2.51. The highest BCUT2D eigenvalue weighted by Crippen LogP contribution is 2.36. The van der Waals surface area contributed by atoms with Gasteiger partial charge in [-0.15, -0.1) is 22.7 Å². The van der Waals surface area contributed by atoms with Crippen LogP contribution in [-0.4, -0.2) is 32.9 Å². The predicted molar refractivity (Wildman–Crippen MR) is 114 cm³/mol. The van der Waals surface area contributed by atoms with E-state index < -0.39 is 0 Å². The lowest BCUT2D eigenvalue weighted by Gasteiger charge is -2.44. The van der Waals surface area contributed by atoms with E-state index in [0.717, 1.165) is 34.7 Å². The van der Waals surface area contributed by atoms with Gasteiger partial charge in [-0.2, -0.15) is 0 Å². The van der Waals surface area contributed by atoms with Gasteiger partial charge in [-0.05, 0) is 43.0 Å². The van der Waals surface area contributed by atoms with E-state index in [1.807, 2.05) is 22.9 Å². The van der Waals surface area contributed by atoms with Crippen LogP contribution >= 0.6 is 22.7 Å². The second-order valence-corrected chi connectivity index (χ2v) is 9.63. The average molecular weight is 414 g/mol. The van der Waals surface area contributed by atoms with E-state index in [1.54, 1.807) is 17.7 Å². The second-order valence-electron chi connectivity index (χ2n) is 7.83. The zero-order valence-corrected chi connectivity index (χ0v) is 17.3. The fourth-order valence-corrected chi connectivity index (χ4v) is 6.59. The van der Waals surface area contributed by atoms with E-state index in [-0.39, 0.29) is 18.0 Å². The standard InChI is InChI=1S/C21H23N3O2S2/c25-18(24-9-3-6-14-5-1-2-7-16(14)24)11-23-13-22-20-19(21(23)26)15(12-28-20)17-8-4-10-27-17/h4,8,10,12-14,16H,1-3,5-7,9,11H2/t14-,16+/m0/s1. The molecule has 0 aromatic carbocycles. The number of likely N-dealkylation sites (tertiary alicyclic amines) is 1. The molecular formula is C21H23N3O2S2. The van der Waals surface area contributed by atoms with Crippen LogP contribution in [0.25, 0.3) is 20.7 Å². The fraction of sp³-hybridized carbons (Fsp3) is 0.476. The quantitative estimate of drug-likeness (QED) is 0.641. The van der Waals surface area contributed by atoms with Gasteiger partial charge in [-0.1, -0.05) is 18.9 Å². The van der Waals surface area contributed by atoms with Crippen LogP contribution in [0.2, 0.25) is 0 Å². The summed E-state index contributed by atoms with van der Waals surface area (Å²) >= 11 is 3.10. The highest BCUT2D eigenvalue weighted by molar-refractivity contribution is 7.18. The molecule has 1 aliphatic heterocycles. The van der Waals surface area contributed by atoms with Gasteiger partial charge in [0.2, 0.25) is 5.91 Å². The first-order chi connectivity index (χ1) is 13.7. The topological polar surface area (TPSA) is 55.2 Å². The van der Waals surface area contributed by atoms with Gasteiger partial charge in [0.15, 0.2) is 0 Å². The number of fused-ring (bicyclic) bond motifs is 2. The van der Waals surface area contributed by atoms with Crippen molar-refractivity contribution in [3.8, 4) is 10.4 Å². The molecule has 146 valence electrons. The SMILES string of the molecule is O=C(Cn1cnc2scc(-c3cccs3)c2c1=O)N1CCC[C@@H]2CCCC[C@H]21. The maximum atomic E-state index is 13.2. The molecule has 0 N–H and O–H groups in total. The molecular weight excluding hydrogens is 390 g/mol. The summed E-state index contributed by atoms with van der Waals surface area (Å²) in [5.41, 5.74) is 0.819. The molecule has 28 heavy (non-hydrogen) atoms. The largest absolute Gasteiger partial charge is 0.338 e. The molecule has 2 atom stereocenters. The number of amides is 1. The molecule has 0 spiro atoms. The van der Waals surface area contributed by atoms with Gasteiger partial charge in [0.25, 0.3) is 5.56 Å². The van der Waals surface area contributed by atoms with Gasteiger partial charge in [-0.25, -0.2) is 4.98 Å². The van der Waals surface area contributed by atoms with Gasteiger partial charge in [0, 0.05) is 28.4 Å². The van der Waals surface area contributed by atoms with Crippen LogP contribution in [0.3, 0.4) is 0 Å². The van der Waals surface area contributed by atoms with Crippen molar-refractivity contribution in [2.24, 2.45) is 5.92 Å². The van der Waals surface area contributed by atoms with Crippen molar-refractivity contribution in [3.05, 3.63) is 39.6 Å². The number of hydrogen-bond donors (Lipinski definition) is 0. The Hall–Kier alpha value is -1.99. The minimum Gasteiger partial charge on any atom is -0.338 e. The third kappa shape index (κ3) is 3.10. The van der Waals surface area contributed by atoms with E-state index in [2.05, 4.69) is 9.88 Å². The predicted octanol–water partition coefficient (Wildman–Crippen LogP) is 4.37. The number of carbonyl (C=O) groups is 1. The molecule has 4 heterocycles. The Morgan fingerprint density at radius 2 is 2.04 bits per heavy atom. The van der Waals surface area contributed by atoms with Crippen LogP contribution in [0.4, 0.5) is 0 Å². The smallest absolute Gasteiger partial charge is 0.263 e. The van der Waals surface area contributed by atoms with Crippen molar-refractivity contribution in [3.63, 3.8) is 0 Å². The van der Waals surface area contributed by atoms with Crippen LogP contribution in [-0.2, 0) is 11.3 Å². The lowest BCUT2D eigenvalue weighted by atomic mass is 9.78. The number of piperidine rings is 1. The number of rotatable bonds is 3. The third-order valence-electron chi connectivity index (χ3n) is 6.22. The van der Waals surface area contributed by atoms with Crippen molar-refractivity contribution < 1.29 is 4.79 Å². The molecule has 5 nitrogen and oxygen atoms in total. The van der Waals surface area contributed by atoms with E-state index in [4.69, 9.17) is 0 Å². The number of nitrogens with zero attached hydrogens (tertiary/aromatic N) is 3. The molecule has 0 radical (unpaired) electrons. The first-order valence-electron chi connectivity index (χ1n) is 10.0. The highest BCUT2D eigenvalue weighted by Gasteiger charge is 2.35. The lowest BCUT2D eigenvalue weighted by molar-refractivity contribution is -0.138. The maximum Gasteiger partial charge on any atom is 0.263 e. The van der Waals surface area contributed by atoms with Crippen molar-refractivity contribution in [1.29, 1.82) is 0 Å². The van der Waals surface area contributed by atoms with Crippen LogP contribution in [0.5, 0.6) is 0 Å². The minimum atomic E-state index is -0.111. The summed E-state index contributed by atoms with van der Waals surface area (Å²) in [6, 6.07) is 4.37. The summed E-state index contributed by atoms with van der Waals surface area (Å²) in [7, 11) is 0. The van der Waals surface area contributed by atoms with E-state index >= 15 is 0 Å². The summed E-state index contributed by atoms with van der Waals surface area (Å²) < 4.78 is 1.50. The zero-order valence-electron chi connectivity index (χ0n) is 15.7. The summed E-state index contributed by atoms with van der Waals surface area (Å²) in [5, 5.41) is 4.64. The molecule has 2 fully saturated rings.